The Morgan fingerprint density at radius 3 is 2.61 bits per heavy atom. The number of benzene rings is 2. The van der Waals surface area contributed by atoms with Crippen molar-refractivity contribution in [2.45, 2.75) is 13.5 Å². The van der Waals surface area contributed by atoms with Crippen molar-refractivity contribution in [1.29, 1.82) is 0 Å². The minimum Gasteiger partial charge on any atom is -0.495 e. The number of aryl methyl sites for hydroxylation is 1. The summed E-state index contributed by atoms with van der Waals surface area (Å²) in [5, 5.41) is 12.5. The van der Waals surface area contributed by atoms with Crippen molar-refractivity contribution in [3.63, 3.8) is 0 Å². The Balaban J connectivity index is 1.71. The van der Waals surface area contributed by atoms with Crippen LogP contribution in [0.2, 0.25) is 15.1 Å². The van der Waals surface area contributed by atoms with Crippen LogP contribution in [0.1, 0.15) is 11.1 Å². The molecule has 0 saturated heterocycles. The largest absolute Gasteiger partial charge is 0.495 e. The van der Waals surface area contributed by atoms with Crippen molar-refractivity contribution in [3.8, 4) is 5.75 Å². The molecule has 2 aromatic carbocycles. The second-order valence-electron chi connectivity index (χ2n) is 6.04. The molecule has 0 aliphatic rings. The Bertz CT molecular complexity index is 1020. The Hall–Kier alpha value is -1.99. The number of thiocarbonyl (C=S) groups is 1. The monoisotopic (exact) mass is 454 g/mol. The van der Waals surface area contributed by atoms with Crippen LogP contribution < -0.4 is 15.4 Å². The molecule has 0 saturated carbocycles. The van der Waals surface area contributed by atoms with Crippen LogP contribution >= 0.6 is 47.0 Å². The molecule has 28 heavy (non-hydrogen) atoms. The minimum atomic E-state index is 0.348. The van der Waals surface area contributed by atoms with Gasteiger partial charge in [-0.1, -0.05) is 46.9 Å². The zero-order chi connectivity index (χ0) is 20.3. The highest BCUT2D eigenvalue weighted by Gasteiger charge is 2.12. The summed E-state index contributed by atoms with van der Waals surface area (Å²) in [5.74, 6) is 1.12. The highest BCUT2D eigenvalue weighted by molar-refractivity contribution is 7.80. The first kappa shape index (κ1) is 20.7. The van der Waals surface area contributed by atoms with Crippen LogP contribution in [0.3, 0.4) is 0 Å². The predicted octanol–water partition coefficient (Wildman–Crippen LogP) is 6.02. The highest BCUT2D eigenvalue weighted by atomic mass is 35.5. The van der Waals surface area contributed by atoms with Gasteiger partial charge >= 0.3 is 0 Å². The molecule has 0 aliphatic carbocycles. The van der Waals surface area contributed by atoms with Crippen molar-refractivity contribution in [2.75, 3.05) is 17.7 Å². The van der Waals surface area contributed by atoms with Gasteiger partial charge in [0, 0.05) is 16.2 Å². The Kier molecular flexibility index (Phi) is 6.67. The van der Waals surface area contributed by atoms with Gasteiger partial charge in [0.05, 0.1) is 19.3 Å². The average molecular weight is 456 g/mol. The molecule has 5 nitrogen and oxygen atoms in total. The molecule has 9 heteroatoms. The lowest BCUT2D eigenvalue weighted by atomic mass is 10.2. The molecule has 0 atom stereocenters. The van der Waals surface area contributed by atoms with Crippen molar-refractivity contribution in [3.05, 3.63) is 68.8 Å². The summed E-state index contributed by atoms with van der Waals surface area (Å²) in [6.45, 7) is 2.44. The second kappa shape index (κ2) is 9.01. The Morgan fingerprint density at radius 2 is 1.89 bits per heavy atom. The van der Waals surface area contributed by atoms with E-state index in [1.54, 1.807) is 30.1 Å². The van der Waals surface area contributed by atoms with Crippen LogP contribution in [0, 0.1) is 6.92 Å². The van der Waals surface area contributed by atoms with E-state index in [-0.39, 0.29) is 0 Å². The molecule has 1 heterocycles. The average Bonchev–Trinajstić information content (AvgIpc) is 2.96. The van der Waals surface area contributed by atoms with E-state index >= 15 is 0 Å². The van der Waals surface area contributed by atoms with Crippen LogP contribution in [-0.4, -0.2) is 22.0 Å². The van der Waals surface area contributed by atoms with E-state index in [0.717, 1.165) is 16.8 Å². The maximum atomic E-state index is 6.30. The first-order valence-electron chi connectivity index (χ1n) is 8.25. The molecule has 1 aromatic heterocycles. The van der Waals surface area contributed by atoms with Crippen LogP contribution in [-0.2, 0) is 6.54 Å². The van der Waals surface area contributed by atoms with Crippen LogP contribution in [0.5, 0.6) is 5.75 Å². The molecule has 0 amide bonds. The zero-order valence-corrected chi connectivity index (χ0v) is 18.2. The molecular formula is C19H17Cl3N4OS. The molecule has 0 unspecified atom stereocenters. The Morgan fingerprint density at radius 1 is 1.11 bits per heavy atom. The molecule has 0 radical (unpaired) electrons. The standard InChI is InChI=1S/C19H17Cl3N4OS/c1-11-3-6-17(27-2)16(7-11)23-19(28)24-18-15(22)10-26(25-18)9-12-4-5-13(20)8-14(12)21/h3-8,10H,9H2,1-2H3,(H2,23,24,25,28). The van der Waals surface area contributed by atoms with E-state index in [1.807, 2.05) is 31.2 Å². The van der Waals surface area contributed by atoms with E-state index in [0.29, 0.717) is 38.3 Å². The highest BCUT2D eigenvalue weighted by Crippen LogP contribution is 2.27. The van der Waals surface area contributed by atoms with Gasteiger partial charge in [-0.3, -0.25) is 4.68 Å². The number of aromatic nitrogens is 2. The van der Waals surface area contributed by atoms with Crippen molar-refractivity contribution >= 4 is 63.6 Å². The number of halogens is 3. The SMILES string of the molecule is COc1ccc(C)cc1NC(=S)Nc1nn(Cc2ccc(Cl)cc2Cl)cc1Cl. The third kappa shape index (κ3) is 5.08. The number of methoxy groups -OCH3 is 1. The first-order chi connectivity index (χ1) is 13.4. The van der Waals surface area contributed by atoms with Gasteiger partial charge in [-0.2, -0.15) is 5.10 Å². The Labute approximate surface area is 183 Å². The number of hydrogen-bond donors (Lipinski definition) is 2. The number of anilines is 2. The number of nitrogens with zero attached hydrogens (tertiary/aromatic N) is 2. The normalized spacial score (nSPS) is 10.6. The van der Waals surface area contributed by atoms with Crippen LogP contribution in [0.25, 0.3) is 0 Å². The van der Waals surface area contributed by atoms with E-state index in [4.69, 9.17) is 51.8 Å². The van der Waals surface area contributed by atoms with Gasteiger partial charge in [0.15, 0.2) is 10.9 Å². The van der Waals surface area contributed by atoms with Crippen LogP contribution in [0.15, 0.2) is 42.6 Å². The van der Waals surface area contributed by atoms with Gasteiger partial charge in [-0.15, -0.1) is 0 Å². The summed E-state index contributed by atoms with van der Waals surface area (Å²) < 4.78 is 7.02. The molecule has 3 aromatic rings. The number of rotatable bonds is 5. The lowest BCUT2D eigenvalue weighted by Gasteiger charge is -2.13. The van der Waals surface area contributed by atoms with Crippen molar-refractivity contribution in [1.82, 2.24) is 9.78 Å². The first-order valence-corrected chi connectivity index (χ1v) is 9.79. The maximum absolute atomic E-state index is 6.30. The minimum absolute atomic E-state index is 0.348. The third-order valence-electron chi connectivity index (χ3n) is 3.90. The number of hydrogen-bond acceptors (Lipinski definition) is 3. The molecule has 0 bridgehead atoms. The van der Waals surface area contributed by atoms with Gasteiger partial charge in [0.2, 0.25) is 0 Å². The lowest BCUT2D eigenvalue weighted by Crippen LogP contribution is -2.20. The number of ether oxygens (including phenoxy) is 1. The van der Waals surface area contributed by atoms with Gasteiger partial charge in [0.1, 0.15) is 10.8 Å². The summed E-state index contributed by atoms with van der Waals surface area (Å²) in [5.41, 5.74) is 2.71. The fraction of sp³-hybridized carbons (Fsp3) is 0.158. The molecule has 3 rings (SSSR count). The molecule has 146 valence electrons. The van der Waals surface area contributed by atoms with Gasteiger partial charge in [0.25, 0.3) is 0 Å². The predicted molar refractivity (Wildman–Crippen MR) is 120 cm³/mol. The number of nitrogens with one attached hydrogen (secondary N) is 2. The van der Waals surface area contributed by atoms with E-state index < -0.39 is 0 Å². The fourth-order valence-electron chi connectivity index (χ4n) is 2.57. The second-order valence-corrected chi connectivity index (χ2v) is 7.70. The van der Waals surface area contributed by atoms with E-state index in [1.165, 1.54) is 0 Å². The topological polar surface area (TPSA) is 51.1 Å². The van der Waals surface area contributed by atoms with Gasteiger partial charge in [-0.25, -0.2) is 0 Å². The molecular weight excluding hydrogens is 439 g/mol. The molecule has 2 N–H and O–H groups in total. The van der Waals surface area contributed by atoms with E-state index in [2.05, 4.69) is 15.7 Å². The van der Waals surface area contributed by atoms with Crippen LogP contribution in [0.4, 0.5) is 11.5 Å². The van der Waals surface area contributed by atoms with E-state index in [9.17, 15) is 0 Å². The summed E-state index contributed by atoms with van der Waals surface area (Å²) in [6.07, 6.45) is 1.70. The zero-order valence-electron chi connectivity index (χ0n) is 15.1. The van der Waals surface area contributed by atoms with Gasteiger partial charge in [-0.05, 0) is 54.5 Å². The fourth-order valence-corrected chi connectivity index (χ4v) is 3.44. The molecule has 0 spiro atoms. The lowest BCUT2D eigenvalue weighted by molar-refractivity contribution is 0.417. The van der Waals surface area contributed by atoms with Gasteiger partial charge < -0.3 is 15.4 Å². The summed E-state index contributed by atoms with van der Waals surface area (Å²) in [4.78, 5) is 0. The summed E-state index contributed by atoms with van der Waals surface area (Å²) in [6, 6.07) is 11.1. The third-order valence-corrected chi connectivity index (χ3v) is 4.97. The smallest absolute Gasteiger partial charge is 0.176 e. The quantitative estimate of drug-likeness (QED) is 0.461. The van der Waals surface area contributed by atoms with Crippen molar-refractivity contribution < 1.29 is 4.74 Å². The summed E-state index contributed by atoms with van der Waals surface area (Å²) >= 11 is 23.8. The molecule has 0 aliphatic heterocycles. The summed E-state index contributed by atoms with van der Waals surface area (Å²) in [7, 11) is 1.60. The van der Waals surface area contributed by atoms with Crippen molar-refractivity contribution in [2.24, 2.45) is 0 Å². The molecule has 0 fully saturated rings. The maximum Gasteiger partial charge on any atom is 0.176 e.